The van der Waals surface area contributed by atoms with Crippen LogP contribution in [0.25, 0.3) is 0 Å². The molecular formula is C21H14Cl4N4O4. The lowest BCUT2D eigenvalue weighted by Crippen LogP contribution is -2.30. The molecule has 0 bridgehead atoms. The van der Waals surface area contributed by atoms with Crippen molar-refractivity contribution in [2.45, 2.75) is 12.5 Å². The van der Waals surface area contributed by atoms with E-state index in [2.05, 4.69) is 20.6 Å². The smallest absolute Gasteiger partial charge is 0.305 e. The molecule has 3 aromatic rings. The molecule has 1 aromatic carbocycles. The Morgan fingerprint density at radius 2 is 1.24 bits per heavy atom. The number of aromatic nitrogens is 2. The summed E-state index contributed by atoms with van der Waals surface area (Å²) in [4.78, 5) is 44.2. The third kappa shape index (κ3) is 6.11. The van der Waals surface area contributed by atoms with Gasteiger partial charge in [-0.1, -0.05) is 58.5 Å². The molecule has 170 valence electrons. The zero-order chi connectivity index (χ0) is 24.1. The summed E-state index contributed by atoms with van der Waals surface area (Å²) in [7, 11) is 0. The quantitative estimate of drug-likeness (QED) is 0.384. The van der Waals surface area contributed by atoms with Crippen LogP contribution in [-0.4, -0.2) is 32.9 Å². The lowest BCUT2D eigenvalue weighted by Gasteiger charge is -2.19. The Morgan fingerprint density at radius 3 is 1.70 bits per heavy atom. The van der Waals surface area contributed by atoms with E-state index in [1.165, 1.54) is 24.8 Å². The first kappa shape index (κ1) is 24.7. The Hall–Kier alpha value is -2.91. The Labute approximate surface area is 207 Å². The second kappa shape index (κ2) is 10.8. The van der Waals surface area contributed by atoms with E-state index in [-0.39, 0.29) is 31.2 Å². The van der Waals surface area contributed by atoms with Crippen LogP contribution in [-0.2, 0) is 4.79 Å². The van der Waals surface area contributed by atoms with Gasteiger partial charge in [0.25, 0.3) is 11.8 Å². The lowest BCUT2D eigenvalue weighted by atomic mass is 10.0. The zero-order valence-electron chi connectivity index (χ0n) is 16.5. The van der Waals surface area contributed by atoms with E-state index in [0.717, 1.165) is 0 Å². The second-order valence-corrected chi connectivity index (χ2v) is 8.29. The van der Waals surface area contributed by atoms with Crippen LogP contribution in [0.4, 0.5) is 5.69 Å². The van der Waals surface area contributed by atoms with E-state index in [0.29, 0.717) is 11.3 Å². The number of aliphatic carboxylic acids is 1. The Balaban J connectivity index is 1.80. The highest BCUT2D eigenvalue weighted by Crippen LogP contribution is 2.27. The van der Waals surface area contributed by atoms with Crippen molar-refractivity contribution in [2.75, 3.05) is 5.32 Å². The summed E-state index contributed by atoms with van der Waals surface area (Å²) >= 11 is 24.0. The molecular weight excluding hydrogens is 514 g/mol. The molecule has 0 spiro atoms. The Bertz CT molecular complexity index is 1180. The molecule has 0 saturated heterocycles. The molecule has 0 aliphatic carbocycles. The van der Waals surface area contributed by atoms with Gasteiger partial charge in [-0.2, -0.15) is 0 Å². The van der Waals surface area contributed by atoms with E-state index < -0.39 is 30.2 Å². The van der Waals surface area contributed by atoms with Gasteiger partial charge in [-0.15, -0.1) is 0 Å². The SMILES string of the molecule is O=C(O)CC(NC(=O)c1c(Cl)cncc1Cl)c1ccc(NC(=O)c2c(Cl)cncc2Cl)cc1. The number of anilines is 1. The number of carbonyl (C=O) groups is 3. The maximum atomic E-state index is 12.7. The minimum absolute atomic E-state index is 0.0151. The van der Waals surface area contributed by atoms with Crippen LogP contribution in [0.15, 0.2) is 49.1 Å². The number of hydrogen-bond acceptors (Lipinski definition) is 5. The molecule has 0 aliphatic rings. The van der Waals surface area contributed by atoms with Gasteiger partial charge in [0.1, 0.15) is 0 Å². The molecule has 0 radical (unpaired) electrons. The first-order chi connectivity index (χ1) is 15.7. The van der Waals surface area contributed by atoms with Crippen molar-refractivity contribution in [2.24, 2.45) is 0 Å². The maximum absolute atomic E-state index is 12.7. The molecule has 12 heteroatoms. The van der Waals surface area contributed by atoms with Crippen molar-refractivity contribution in [1.82, 2.24) is 15.3 Å². The summed E-state index contributed by atoms with van der Waals surface area (Å²) in [5, 5.41) is 14.8. The number of carboxylic acids is 1. The molecule has 8 nitrogen and oxygen atoms in total. The molecule has 33 heavy (non-hydrogen) atoms. The first-order valence-corrected chi connectivity index (χ1v) is 10.7. The summed E-state index contributed by atoms with van der Waals surface area (Å²) in [5.41, 5.74) is 0.927. The van der Waals surface area contributed by atoms with Crippen molar-refractivity contribution in [3.05, 3.63) is 85.8 Å². The van der Waals surface area contributed by atoms with Gasteiger partial charge < -0.3 is 15.7 Å². The standard InChI is InChI=1S/C21H14Cl4N4O4/c22-12-6-26-7-13(23)18(12)20(32)28-11-3-1-10(2-4-11)16(5-17(30)31)29-21(33)19-14(24)8-27-9-15(19)25/h1-4,6-9,16H,5H2,(H,28,32)(H,29,33)(H,30,31). The minimum Gasteiger partial charge on any atom is -0.481 e. The lowest BCUT2D eigenvalue weighted by molar-refractivity contribution is -0.137. The molecule has 2 amide bonds. The van der Waals surface area contributed by atoms with Crippen molar-refractivity contribution < 1.29 is 19.5 Å². The molecule has 0 fully saturated rings. The predicted octanol–water partition coefficient (Wildman–Crippen LogP) is 5.29. The van der Waals surface area contributed by atoms with Crippen molar-refractivity contribution >= 4 is 69.9 Å². The van der Waals surface area contributed by atoms with Crippen molar-refractivity contribution in [3.8, 4) is 0 Å². The van der Waals surface area contributed by atoms with Crippen LogP contribution < -0.4 is 10.6 Å². The fourth-order valence-electron chi connectivity index (χ4n) is 2.91. The van der Waals surface area contributed by atoms with E-state index in [4.69, 9.17) is 46.4 Å². The Morgan fingerprint density at radius 1 is 0.788 bits per heavy atom. The number of nitrogens with one attached hydrogen (secondary N) is 2. The highest BCUT2D eigenvalue weighted by Gasteiger charge is 2.23. The molecule has 3 rings (SSSR count). The van der Waals surface area contributed by atoms with Gasteiger partial charge in [-0.3, -0.25) is 24.4 Å². The van der Waals surface area contributed by atoms with Crippen LogP contribution in [0.5, 0.6) is 0 Å². The van der Waals surface area contributed by atoms with Crippen LogP contribution in [0.3, 0.4) is 0 Å². The predicted molar refractivity (Wildman–Crippen MR) is 125 cm³/mol. The summed E-state index contributed by atoms with van der Waals surface area (Å²) in [6.45, 7) is 0. The summed E-state index contributed by atoms with van der Waals surface area (Å²) in [5.74, 6) is -2.33. The van der Waals surface area contributed by atoms with Crippen molar-refractivity contribution in [1.29, 1.82) is 0 Å². The monoisotopic (exact) mass is 526 g/mol. The number of carboxylic acid groups (broad SMARTS) is 1. The fourth-order valence-corrected chi connectivity index (χ4v) is 3.98. The maximum Gasteiger partial charge on any atom is 0.305 e. The van der Waals surface area contributed by atoms with Gasteiger partial charge in [0.15, 0.2) is 0 Å². The van der Waals surface area contributed by atoms with Crippen molar-refractivity contribution in [3.63, 3.8) is 0 Å². The second-order valence-electron chi connectivity index (χ2n) is 6.66. The van der Waals surface area contributed by atoms with E-state index in [1.807, 2.05) is 0 Å². The average Bonchev–Trinajstić information content (AvgIpc) is 2.73. The largest absolute Gasteiger partial charge is 0.481 e. The normalized spacial score (nSPS) is 11.5. The number of nitrogens with zero attached hydrogens (tertiary/aromatic N) is 2. The Kier molecular flexibility index (Phi) is 8.10. The summed E-state index contributed by atoms with van der Waals surface area (Å²) in [6, 6.07) is 5.32. The third-order valence-corrected chi connectivity index (χ3v) is 5.56. The number of hydrogen-bond donors (Lipinski definition) is 3. The molecule has 1 atom stereocenters. The molecule has 0 saturated carbocycles. The average molecular weight is 528 g/mol. The fraction of sp³-hybridized carbons (Fsp3) is 0.0952. The zero-order valence-corrected chi connectivity index (χ0v) is 19.5. The number of halogens is 4. The number of carbonyl (C=O) groups excluding carboxylic acids is 2. The summed E-state index contributed by atoms with van der Waals surface area (Å²) < 4.78 is 0. The highest BCUT2D eigenvalue weighted by molar-refractivity contribution is 6.40. The topological polar surface area (TPSA) is 121 Å². The van der Waals surface area contributed by atoms with E-state index in [9.17, 15) is 19.5 Å². The van der Waals surface area contributed by atoms with Crippen LogP contribution in [0.2, 0.25) is 20.1 Å². The first-order valence-electron chi connectivity index (χ1n) is 9.19. The van der Waals surface area contributed by atoms with E-state index in [1.54, 1.807) is 24.3 Å². The number of benzene rings is 1. The van der Waals surface area contributed by atoms with Crippen LogP contribution in [0.1, 0.15) is 38.7 Å². The van der Waals surface area contributed by atoms with Gasteiger partial charge in [0.05, 0.1) is 43.7 Å². The van der Waals surface area contributed by atoms with Gasteiger partial charge in [0, 0.05) is 30.5 Å². The van der Waals surface area contributed by atoms with E-state index >= 15 is 0 Å². The van der Waals surface area contributed by atoms with Crippen LogP contribution >= 0.6 is 46.4 Å². The number of rotatable bonds is 7. The number of pyridine rings is 2. The molecule has 0 aliphatic heterocycles. The molecule has 1 unspecified atom stereocenters. The minimum atomic E-state index is -1.13. The van der Waals surface area contributed by atoms with Gasteiger partial charge >= 0.3 is 5.97 Å². The summed E-state index contributed by atoms with van der Waals surface area (Å²) in [6.07, 6.45) is 4.71. The third-order valence-electron chi connectivity index (χ3n) is 4.42. The van der Waals surface area contributed by atoms with Gasteiger partial charge in [-0.25, -0.2) is 0 Å². The van der Waals surface area contributed by atoms with Gasteiger partial charge in [-0.05, 0) is 17.7 Å². The highest BCUT2D eigenvalue weighted by atomic mass is 35.5. The van der Waals surface area contributed by atoms with Gasteiger partial charge in [0.2, 0.25) is 0 Å². The molecule has 2 heterocycles. The molecule has 3 N–H and O–H groups in total. The van der Waals surface area contributed by atoms with Crippen LogP contribution in [0, 0.1) is 0 Å². The molecule has 2 aromatic heterocycles. The number of amides is 2.